The Labute approximate surface area is 214 Å². The van der Waals surface area contributed by atoms with Crippen molar-refractivity contribution in [2.45, 2.75) is 48.8 Å². The van der Waals surface area contributed by atoms with Crippen LogP contribution in [0.15, 0.2) is 58.3 Å². The van der Waals surface area contributed by atoms with Crippen molar-refractivity contribution in [3.63, 3.8) is 0 Å². The molecule has 37 heavy (non-hydrogen) atoms. The van der Waals surface area contributed by atoms with E-state index in [1.54, 1.807) is 12.1 Å². The monoisotopic (exact) mass is 530 g/mol. The van der Waals surface area contributed by atoms with Gasteiger partial charge in [0.2, 0.25) is 21.7 Å². The summed E-state index contributed by atoms with van der Waals surface area (Å²) >= 11 is 0. The van der Waals surface area contributed by atoms with Crippen LogP contribution in [0.3, 0.4) is 0 Å². The first-order chi connectivity index (χ1) is 17.1. The maximum atomic E-state index is 13.3. The number of aliphatic carboxylic acids is 2. The minimum atomic E-state index is -3.94. The van der Waals surface area contributed by atoms with Gasteiger partial charge in [-0.3, -0.25) is 19.2 Å². The van der Waals surface area contributed by atoms with E-state index >= 15 is 0 Å². The van der Waals surface area contributed by atoms with E-state index in [-0.39, 0.29) is 27.3 Å². The van der Waals surface area contributed by atoms with E-state index in [9.17, 15) is 37.8 Å². The molecule has 0 radical (unpaired) electrons. The van der Waals surface area contributed by atoms with Crippen LogP contribution in [0.1, 0.15) is 39.2 Å². The van der Waals surface area contributed by atoms with Crippen LogP contribution in [0.4, 0.5) is 5.69 Å². The zero-order chi connectivity index (χ0) is 27.7. The number of hydrogen-bond acceptors (Lipinski definition) is 6. The Balaban J connectivity index is 1.89. The van der Waals surface area contributed by atoms with Crippen LogP contribution >= 0.6 is 0 Å². The van der Waals surface area contributed by atoms with Crippen LogP contribution in [-0.4, -0.2) is 42.4 Å². The van der Waals surface area contributed by atoms with E-state index in [4.69, 9.17) is 5.73 Å². The molecular formula is C26H30N2O8S. The molecule has 10 nitrogen and oxygen atoms in total. The van der Waals surface area contributed by atoms with Gasteiger partial charge in [-0.15, -0.1) is 0 Å². The molecule has 1 fully saturated rings. The first kappa shape index (κ1) is 27.9. The molecule has 2 amide bonds. The molecule has 4 unspecified atom stereocenters. The summed E-state index contributed by atoms with van der Waals surface area (Å²) in [6.07, 6.45) is -0.790. The van der Waals surface area contributed by atoms with E-state index in [0.717, 1.165) is 5.56 Å². The lowest BCUT2D eigenvalue weighted by Gasteiger charge is -2.35. The van der Waals surface area contributed by atoms with Crippen LogP contribution < -0.4 is 11.1 Å². The van der Waals surface area contributed by atoms with Gasteiger partial charge in [-0.05, 0) is 54.2 Å². The standard InChI is InChI=1S/C26H30N2O8S/c1-26(2,3)14-6-4-8-16(10-14)37(35,36)17-9-5-7-15(11-17)28-23(30)19-12-18(22(27)29)20(24(31)32)13-21(19)25(33)34/h4-11,18-21H,12-13H2,1-3H3,(H2,27,29)(H,28,30)(H,31,32)(H,33,34). The Hall–Kier alpha value is -3.73. The number of hydrogen-bond donors (Lipinski definition) is 4. The number of rotatable bonds is 7. The second-order valence-corrected chi connectivity index (χ2v) is 12.2. The summed E-state index contributed by atoms with van der Waals surface area (Å²) in [4.78, 5) is 48.4. The number of carbonyl (C=O) groups is 4. The maximum Gasteiger partial charge on any atom is 0.307 e. The van der Waals surface area contributed by atoms with Crippen molar-refractivity contribution in [1.82, 2.24) is 0 Å². The average molecular weight is 531 g/mol. The molecule has 0 bridgehead atoms. The number of carbonyl (C=O) groups excluding carboxylic acids is 2. The Morgan fingerprint density at radius 3 is 1.89 bits per heavy atom. The molecule has 4 atom stereocenters. The van der Waals surface area contributed by atoms with Gasteiger partial charge in [0.1, 0.15) is 0 Å². The molecule has 0 spiro atoms. The van der Waals surface area contributed by atoms with Crippen molar-refractivity contribution >= 4 is 39.3 Å². The topological polar surface area (TPSA) is 181 Å². The molecule has 3 rings (SSSR count). The second-order valence-electron chi connectivity index (χ2n) is 10.3. The molecule has 0 heterocycles. The van der Waals surface area contributed by atoms with E-state index in [1.807, 2.05) is 26.8 Å². The van der Waals surface area contributed by atoms with E-state index in [2.05, 4.69) is 5.32 Å². The van der Waals surface area contributed by atoms with Crippen LogP contribution in [0.5, 0.6) is 0 Å². The molecule has 2 aromatic rings. The minimum Gasteiger partial charge on any atom is -0.481 e. The number of amides is 2. The molecule has 2 aromatic carbocycles. The lowest BCUT2D eigenvalue weighted by molar-refractivity contribution is -0.158. The largest absolute Gasteiger partial charge is 0.481 e. The summed E-state index contributed by atoms with van der Waals surface area (Å²) in [7, 11) is -3.94. The summed E-state index contributed by atoms with van der Waals surface area (Å²) in [5.74, 6) is -9.57. The van der Waals surface area contributed by atoms with Gasteiger partial charge in [0, 0.05) is 5.69 Å². The molecule has 0 aromatic heterocycles. The molecule has 0 aliphatic heterocycles. The first-order valence-electron chi connectivity index (χ1n) is 11.6. The zero-order valence-electron chi connectivity index (χ0n) is 20.7. The van der Waals surface area contributed by atoms with Gasteiger partial charge >= 0.3 is 11.9 Å². The number of primary amides is 1. The fourth-order valence-electron chi connectivity index (χ4n) is 4.60. The highest BCUT2D eigenvalue weighted by Gasteiger charge is 2.48. The molecule has 5 N–H and O–H groups in total. The average Bonchev–Trinajstić information content (AvgIpc) is 2.82. The van der Waals surface area contributed by atoms with Gasteiger partial charge < -0.3 is 21.3 Å². The highest BCUT2D eigenvalue weighted by molar-refractivity contribution is 7.91. The Morgan fingerprint density at radius 1 is 0.838 bits per heavy atom. The predicted molar refractivity (Wildman–Crippen MR) is 133 cm³/mol. The molecule has 1 saturated carbocycles. The van der Waals surface area contributed by atoms with E-state index < -0.39 is 63.7 Å². The van der Waals surface area contributed by atoms with Crippen LogP contribution in [0.25, 0.3) is 0 Å². The van der Waals surface area contributed by atoms with Crippen molar-refractivity contribution in [3.05, 3.63) is 54.1 Å². The van der Waals surface area contributed by atoms with Crippen LogP contribution in [0.2, 0.25) is 0 Å². The van der Waals surface area contributed by atoms with Gasteiger partial charge in [-0.25, -0.2) is 8.42 Å². The van der Waals surface area contributed by atoms with Gasteiger partial charge in [0.25, 0.3) is 0 Å². The molecule has 1 aliphatic carbocycles. The Morgan fingerprint density at radius 2 is 1.35 bits per heavy atom. The maximum absolute atomic E-state index is 13.3. The van der Waals surface area contributed by atoms with Crippen molar-refractivity contribution in [3.8, 4) is 0 Å². The van der Waals surface area contributed by atoms with Gasteiger partial charge in [-0.2, -0.15) is 0 Å². The third kappa shape index (κ3) is 5.99. The molecule has 0 saturated heterocycles. The number of carboxylic acids is 2. The summed E-state index contributed by atoms with van der Waals surface area (Å²) in [5.41, 5.74) is 6.01. The van der Waals surface area contributed by atoms with Crippen LogP contribution in [-0.2, 0) is 34.4 Å². The van der Waals surface area contributed by atoms with Crippen molar-refractivity contribution in [1.29, 1.82) is 0 Å². The van der Waals surface area contributed by atoms with Gasteiger partial charge in [0.05, 0.1) is 33.5 Å². The first-order valence-corrected chi connectivity index (χ1v) is 13.1. The summed E-state index contributed by atoms with van der Waals surface area (Å²) in [5, 5.41) is 21.6. The number of nitrogens with one attached hydrogen (secondary N) is 1. The zero-order valence-corrected chi connectivity index (χ0v) is 21.5. The van der Waals surface area contributed by atoms with E-state index in [1.165, 1.54) is 30.3 Å². The molecular weight excluding hydrogens is 500 g/mol. The van der Waals surface area contributed by atoms with Crippen molar-refractivity contribution < 1.29 is 37.8 Å². The fraction of sp³-hybridized carbons (Fsp3) is 0.385. The number of carboxylic acid groups (broad SMARTS) is 2. The second kappa shape index (κ2) is 10.3. The summed E-state index contributed by atoms with van der Waals surface area (Å²) in [6, 6.07) is 12.1. The van der Waals surface area contributed by atoms with Gasteiger partial charge in [-0.1, -0.05) is 39.0 Å². The van der Waals surface area contributed by atoms with Crippen molar-refractivity contribution in [2.24, 2.45) is 29.4 Å². The third-order valence-corrected chi connectivity index (χ3v) is 8.50. The fourth-order valence-corrected chi connectivity index (χ4v) is 5.95. The molecule has 11 heteroatoms. The number of nitrogens with two attached hydrogens (primary N) is 1. The molecule has 198 valence electrons. The Kier molecular flexibility index (Phi) is 7.78. The highest BCUT2D eigenvalue weighted by atomic mass is 32.2. The lowest BCUT2D eigenvalue weighted by atomic mass is 9.67. The van der Waals surface area contributed by atoms with Gasteiger partial charge in [0.15, 0.2) is 0 Å². The summed E-state index contributed by atoms with van der Waals surface area (Å²) < 4.78 is 26.6. The van der Waals surface area contributed by atoms with E-state index in [0.29, 0.717) is 0 Å². The number of benzene rings is 2. The smallest absolute Gasteiger partial charge is 0.307 e. The third-order valence-electron chi connectivity index (χ3n) is 6.75. The minimum absolute atomic E-state index is 0.0734. The summed E-state index contributed by atoms with van der Waals surface area (Å²) in [6.45, 7) is 5.89. The Bertz CT molecular complexity index is 1350. The van der Waals surface area contributed by atoms with Crippen LogP contribution in [0, 0.1) is 23.7 Å². The molecule has 1 aliphatic rings. The number of anilines is 1. The predicted octanol–water partition coefficient (Wildman–Crippen LogP) is 2.67. The SMILES string of the molecule is CC(C)(C)c1cccc(S(=O)(=O)c2cccc(NC(=O)C3CC(C(N)=O)C(C(=O)O)CC3C(=O)O)c2)c1. The van der Waals surface area contributed by atoms with Crippen molar-refractivity contribution in [2.75, 3.05) is 5.32 Å². The number of sulfone groups is 1. The highest BCUT2D eigenvalue weighted by Crippen LogP contribution is 2.39. The lowest BCUT2D eigenvalue weighted by Crippen LogP contribution is -2.47. The quantitative estimate of drug-likeness (QED) is 0.421. The normalized spacial score (nSPS) is 22.1.